The number of hydrogen-bond acceptors (Lipinski definition) is 2. The van der Waals surface area contributed by atoms with Crippen LogP contribution in [0.5, 0.6) is 0 Å². The first-order chi connectivity index (χ1) is 9.97. The van der Waals surface area contributed by atoms with Crippen LogP contribution in [0.3, 0.4) is 0 Å². The van der Waals surface area contributed by atoms with Crippen molar-refractivity contribution in [2.75, 3.05) is 13.7 Å². The van der Waals surface area contributed by atoms with E-state index in [2.05, 4.69) is 57.3 Å². The summed E-state index contributed by atoms with van der Waals surface area (Å²) in [6.45, 7) is 9.84. The van der Waals surface area contributed by atoms with E-state index in [0.717, 1.165) is 12.5 Å². The molecule has 0 saturated heterocycles. The lowest BCUT2D eigenvalue weighted by molar-refractivity contribution is -0.0116. The number of hydrogen-bond donors (Lipinski definition) is 1. The van der Waals surface area contributed by atoms with Gasteiger partial charge < -0.3 is 10.1 Å². The molecule has 1 N–H and O–H groups in total. The summed E-state index contributed by atoms with van der Waals surface area (Å²) in [6.07, 6.45) is 4.27. The summed E-state index contributed by atoms with van der Waals surface area (Å²) in [4.78, 5) is 0. The maximum atomic E-state index is 5.83. The van der Waals surface area contributed by atoms with Crippen LogP contribution in [0, 0.1) is 5.41 Å². The average Bonchev–Trinajstić information content (AvgIpc) is 2.36. The Morgan fingerprint density at radius 2 is 1.81 bits per heavy atom. The fourth-order valence-electron chi connectivity index (χ4n) is 3.33. The van der Waals surface area contributed by atoms with Gasteiger partial charge in [0.2, 0.25) is 0 Å². The number of benzene rings is 1. The van der Waals surface area contributed by atoms with Crippen LogP contribution in [-0.4, -0.2) is 19.8 Å². The monoisotopic (exact) mass is 289 g/mol. The van der Waals surface area contributed by atoms with Gasteiger partial charge in [0.05, 0.1) is 12.1 Å². The molecule has 1 fully saturated rings. The lowest BCUT2D eigenvalue weighted by Crippen LogP contribution is -2.41. The van der Waals surface area contributed by atoms with Crippen molar-refractivity contribution in [3.63, 3.8) is 0 Å². The minimum Gasteiger partial charge on any atom is -0.379 e. The van der Waals surface area contributed by atoms with E-state index in [0.29, 0.717) is 0 Å². The van der Waals surface area contributed by atoms with Crippen molar-refractivity contribution in [2.45, 2.75) is 65.0 Å². The third-order valence-corrected chi connectivity index (χ3v) is 4.71. The molecular weight excluding hydrogens is 258 g/mol. The summed E-state index contributed by atoms with van der Waals surface area (Å²) in [6, 6.07) is 9.46. The van der Waals surface area contributed by atoms with E-state index in [9.17, 15) is 0 Å². The van der Waals surface area contributed by atoms with Crippen LogP contribution in [0.4, 0.5) is 0 Å². The van der Waals surface area contributed by atoms with Gasteiger partial charge in [0.25, 0.3) is 0 Å². The smallest absolute Gasteiger partial charge is 0.0814 e. The molecular formula is C19H31NO. The molecule has 2 rings (SSSR count). The summed E-state index contributed by atoms with van der Waals surface area (Å²) >= 11 is 0. The van der Waals surface area contributed by atoms with Gasteiger partial charge in [-0.3, -0.25) is 0 Å². The van der Waals surface area contributed by atoms with Gasteiger partial charge in [-0.25, -0.2) is 0 Å². The van der Waals surface area contributed by atoms with Gasteiger partial charge in [0, 0.05) is 7.11 Å². The predicted molar refractivity (Wildman–Crippen MR) is 89.7 cm³/mol. The predicted octanol–water partition coefficient (Wildman–Crippen LogP) is 4.67. The van der Waals surface area contributed by atoms with Crippen LogP contribution < -0.4 is 5.32 Å². The SMILES string of the molecule is CCNC(c1ccc(C2CCC2)cc1)C(OC)C(C)(C)C. The van der Waals surface area contributed by atoms with Crippen LogP contribution in [0.1, 0.15) is 70.0 Å². The first kappa shape index (κ1) is 16.5. The Hall–Kier alpha value is -0.860. The van der Waals surface area contributed by atoms with Crippen molar-refractivity contribution in [1.82, 2.24) is 5.32 Å². The van der Waals surface area contributed by atoms with Crippen molar-refractivity contribution in [3.05, 3.63) is 35.4 Å². The molecule has 118 valence electrons. The largest absolute Gasteiger partial charge is 0.379 e. The molecule has 2 nitrogen and oxygen atoms in total. The Bertz CT molecular complexity index is 428. The highest BCUT2D eigenvalue weighted by molar-refractivity contribution is 5.29. The first-order valence-electron chi connectivity index (χ1n) is 8.33. The van der Waals surface area contributed by atoms with Crippen molar-refractivity contribution in [1.29, 1.82) is 0 Å². The minimum atomic E-state index is 0.105. The second-order valence-corrected chi connectivity index (χ2v) is 7.35. The molecule has 0 aliphatic heterocycles. The molecule has 2 heteroatoms. The van der Waals surface area contributed by atoms with Crippen LogP contribution in [0.15, 0.2) is 24.3 Å². The van der Waals surface area contributed by atoms with Gasteiger partial charge >= 0.3 is 0 Å². The van der Waals surface area contributed by atoms with Crippen LogP contribution in [-0.2, 0) is 4.74 Å². The van der Waals surface area contributed by atoms with E-state index in [1.165, 1.54) is 30.4 Å². The van der Waals surface area contributed by atoms with Gasteiger partial charge in [0.1, 0.15) is 0 Å². The van der Waals surface area contributed by atoms with Gasteiger partial charge in [-0.05, 0) is 41.8 Å². The van der Waals surface area contributed by atoms with Crippen molar-refractivity contribution < 1.29 is 4.74 Å². The molecule has 21 heavy (non-hydrogen) atoms. The highest BCUT2D eigenvalue weighted by Gasteiger charge is 2.33. The highest BCUT2D eigenvalue weighted by Crippen LogP contribution is 2.37. The number of nitrogens with one attached hydrogen (secondary N) is 1. The summed E-state index contributed by atoms with van der Waals surface area (Å²) in [5.74, 6) is 0.803. The normalized spacial score (nSPS) is 19.1. The van der Waals surface area contributed by atoms with Gasteiger partial charge in [0.15, 0.2) is 0 Å². The fourth-order valence-corrected chi connectivity index (χ4v) is 3.33. The zero-order valence-corrected chi connectivity index (χ0v) is 14.3. The molecule has 0 amide bonds. The van der Waals surface area contributed by atoms with E-state index < -0.39 is 0 Å². The maximum absolute atomic E-state index is 5.83. The molecule has 1 aromatic carbocycles. The highest BCUT2D eigenvalue weighted by atomic mass is 16.5. The zero-order valence-electron chi connectivity index (χ0n) is 14.3. The third-order valence-electron chi connectivity index (χ3n) is 4.71. The molecule has 0 spiro atoms. The minimum absolute atomic E-state index is 0.105. The van der Waals surface area contributed by atoms with Crippen LogP contribution in [0.2, 0.25) is 0 Å². The summed E-state index contributed by atoms with van der Waals surface area (Å²) in [5, 5.41) is 3.61. The Labute approximate surface area is 130 Å². The molecule has 2 unspecified atom stereocenters. The Balaban J connectivity index is 2.20. The van der Waals surface area contributed by atoms with Crippen molar-refractivity contribution in [3.8, 4) is 0 Å². The summed E-state index contributed by atoms with van der Waals surface area (Å²) in [7, 11) is 1.82. The summed E-state index contributed by atoms with van der Waals surface area (Å²) in [5.41, 5.74) is 2.94. The fraction of sp³-hybridized carbons (Fsp3) is 0.684. The standard InChI is InChI=1S/C19H31NO/c1-6-20-17(18(21-5)19(2,3)4)16-12-10-15(11-13-16)14-8-7-9-14/h10-14,17-18,20H,6-9H2,1-5H3. The number of rotatable bonds is 6. The molecule has 2 atom stereocenters. The molecule has 1 aliphatic rings. The molecule has 0 aromatic heterocycles. The topological polar surface area (TPSA) is 21.3 Å². The van der Waals surface area contributed by atoms with E-state index in [-0.39, 0.29) is 17.6 Å². The maximum Gasteiger partial charge on any atom is 0.0814 e. The second-order valence-electron chi connectivity index (χ2n) is 7.35. The summed E-state index contributed by atoms with van der Waals surface area (Å²) < 4.78 is 5.83. The molecule has 0 radical (unpaired) electrons. The van der Waals surface area contributed by atoms with E-state index in [4.69, 9.17) is 4.74 Å². The molecule has 1 saturated carbocycles. The van der Waals surface area contributed by atoms with E-state index >= 15 is 0 Å². The van der Waals surface area contributed by atoms with Gasteiger partial charge in [-0.15, -0.1) is 0 Å². The quantitative estimate of drug-likeness (QED) is 0.822. The third kappa shape index (κ3) is 3.87. The Morgan fingerprint density at radius 1 is 1.19 bits per heavy atom. The number of methoxy groups -OCH3 is 1. The Morgan fingerprint density at radius 3 is 2.19 bits per heavy atom. The van der Waals surface area contributed by atoms with E-state index in [1.807, 2.05) is 7.11 Å². The zero-order chi connectivity index (χ0) is 15.5. The molecule has 1 aromatic rings. The second kappa shape index (κ2) is 6.93. The Kier molecular flexibility index (Phi) is 5.45. The van der Waals surface area contributed by atoms with Crippen LogP contribution >= 0.6 is 0 Å². The number of likely N-dealkylation sites (N-methyl/N-ethyl adjacent to an activating group) is 1. The van der Waals surface area contributed by atoms with Crippen molar-refractivity contribution in [2.24, 2.45) is 5.41 Å². The molecule has 0 bridgehead atoms. The van der Waals surface area contributed by atoms with Crippen LogP contribution in [0.25, 0.3) is 0 Å². The lowest BCUT2D eigenvalue weighted by Gasteiger charge is -2.37. The first-order valence-corrected chi connectivity index (χ1v) is 8.33. The average molecular weight is 289 g/mol. The lowest BCUT2D eigenvalue weighted by atomic mass is 9.78. The number of ether oxygens (including phenoxy) is 1. The van der Waals surface area contributed by atoms with E-state index in [1.54, 1.807) is 0 Å². The molecule has 1 aliphatic carbocycles. The van der Waals surface area contributed by atoms with Gasteiger partial charge in [-0.2, -0.15) is 0 Å². The van der Waals surface area contributed by atoms with Crippen molar-refractivity contribution >= 4 is 0 Å². The molecule has 0 heterocycles. The van der Waals surface area contributed by atoms with Gasteiger partial charge in [-0.1, -0.05) is 58.4 Å².